The molecule has 0 aromatic rings. The Balaban J connectivity index is 2.49. The molecule has 20 heavy (non-hydrogen) atoms. The van der Waals surface area contributed by atoms with Crippen LogP contribution in [0.2, 0.25) is 0 Å². The minimum Gasteiger partial charge on any atom is -0.377 e. The summed E-state index contributed by atoms with van der Waals surface area (Å²) in [7, 11) is 0. The first-order valence-electron chi connectivity index (χ1n) is 8.37. The molecule has 0 aromatic heterocycles. The molecule has 120 valence electrons. The van der Waals surface area contributed by atoms with E-state index in [1.807, 2.05) is 0 Å². The van der Waals surface area contributed by atoms with Crippen LogP contribution in [0.25, 0.3) is 0 Å². The van der Waals surface area contributed by atoms with Crippen LogP contribution >= 0.6 is 0 Å². The van der Waals surface area contributed by atoms with E-state index in [1.54, 1.807) is 0 Å². The molecule has 0 radical (unpaired) electrons. The molecule has 2 unspecified atom stereocenters. The topological polar surface area (TPSA) is 24.5 Å². The number of hydrogen-bond acceptors (Lipinski definition) is 3. The molecule has 3 nitrogen and oxygen atoms in total. The van der Waals surface area contributed by atoms with Gasteiger partial charge in [-0.2, -0.15) is 0 Å². The molecule has 0 spiro atoms. The van der Waals surface area contributed by atoms with Crippen LogP contribution in [0, 0.1) is 5.41 Å². The predicted octanol–water partition coefficient (Wildman–Crippen LogP) is 3.29. The van der Waals surface area contributed by atoms with Crippen LogP contribution in [0.15, 0.2) is 0 Å². The summed E-state index contributed by atoms with van der Waals surface area (Å²) in [5.41, 5.74) is 0.532. The first-order chi connectivity index (χ1) is 9.28. The zero-order valence-electron chi connectivity index (χ0n) is 14.6. The van der Waals surface area contributed by atoms with Gasteiger partial charge in [0.25, 0.3) is 0 Å². The fraction of sp³-hybridized carbons (Fsp3) is 1.00. The van der Waals surface area contributed by atoms with Crippen LogP contribution in [0.5, 0.6) is 0 Å². The Bertz CT molecular complexity index is 269. The SMILES string of the molecule is CCN(CC1CCCO1)CC(C)(CC)CNC(C)(C)C. The maximum absolute atomic E-state index is 5.79. The summed E-state index contributed by atoms with van der Waals surface area (Å²) in [6, 6.07) is 0. The highest BCUT2D eigenvalue weighted by molar-refractivity contribution is 4.84. The Labute approximate surface area is 126 Å². The fourth-order valence-electron chi connectivity index (χ4n) is 2.69. The average molecular weight is 284 g/mol. The third kappa shape index (κ3) is 6.55. The molecular formula is C17H36N2O. The van der Waals surface area contributed by atoms with Crippen molar-refractivity contribution in [3.63, 3.8) is 0 Å². The van der Waals surface area contributed by atoms with Crippen molar-refractivity contribution in [2.45, 2.75) is 72.4 Å². The van der Waals surface area contributed by atoms with Crippen molar-refractivity contribution >= 4 is 0 Å². The van der Waals surface area contributed by atoms with Crippen LogP contribution in [-0.4, -0.2) is 49.3 Å². The Hall–Kier alpha value is -0.120. The van der Waals surface area contributed by atoms with Crippen molar-refractivity contribution in [2.75, 3.05) is 32.8 Å². The smallest absolute Gasteiger partial charge is 0.0702 e. The van der Waals surface area contributed by atoms with Gasteiger partial charge in [-0.3, -0.25) is 0 Å². The molecule has 0 bridgehead atoms. The molecular weight excluding hydrogens is 248 g/mol. The standard InChI is InChI=1S/C17H36N2O/c1-7-17(6,13-18-16(3,4)5)14-19(8-2)12-15-10-9-11-20-15/h15,18H,7-14H2,1-6H3. The molecule has 2 atom stereocenters. The molecule has 1 fully saturated rings. The highest BCUT2D eigenvalue weighted by Crippen LogP contribution is 2.24. The Morgan fingerprint density at radius 1 is 1.20 bits per heavy atom. The summed E-state index contributed by atoms with van der Waals surface area (Å²) in [5, 5.41) is 3.68. The van der Waals surface area contributed by atoms with Crippen molar-refractivity contribution in [1.82, 2.24) is 10.2 Å². The number of ether oxygens (including phenoxy) is 1. The maximum atomic E-state index is 5.79. The molecule has 1 saturated heterocycles. The summed E-state index contributed by atoms with van der Waals surface area (Å²) in [6.45, 7) is 19.1. The number of nitrogens with zero attached hydrogens (tertiary/aromatic N) is 1. The van der Waals surface area contributed by atoms with Gasteiger partial charge >= 0.3 is 0 Å². The van der Waals surface area contributed by atoms with Crippen LogP contribution in [0.4, 0.5) is 0 Å². The summed E-state index contributed by atoms with van der Waals surface area (Å²) in [4.78, 5) is 2.57. The highest BCUT2D eigenvalue weighted by atomic mass is 16.5. The van der Waals surface area contributed by atoms with Crippen molar-refractivity contribution < 1.29 is 4.74 Å². The second-order valence-electron chi connectivity index (χ2n) is 7.73. The van der Waals surface area contributed by atoms with E-state index in [0.717, 1.165) is 32.8 Å². The van der Waals surface area contributed by atoms with Gasteiger partial charge < -0.3 is 15.0 Å². The molecule has 1 aliphatic heterocycles. The summed E-state index contributed by atoms with van der Waals surface area (Å²) < 4.78 is 5.79. The first-order valence-corrected chi connectivity index (χ1v) is 8.37. The van der Waals surface area contributed by atoms with Crippen molar-refractivity contribution in [2.24, 2.45) is 5.41 Å². The number of nitrogens with one attached hydrogen (secondary N) is 1. The van der Waals surface area contributed by atoms with Crippen molar-refractivity contribution in [1.29, 1.82) is 0 Å². The van der Waals surface area contributed by atoms with Crippen LogP contribution in [0.1, 0.15) is 60.8 Å². The Morgan fingerprint density at radius 3 is 2.35 bits per heavy atom. The Morgan fingerprint density at radius 2 is 1.90 bits per heavy atom. The molecule has 1 aliphatic rings. The van der Waals surface area contributed by atoms with Gasteiger partial charge in [0.2, 0.25) is 0 Å². The third-order valence-electron chi connectivity index (χ3n) is 4.44. The van der Waals surface area contributed by atoms with Gasteiger partial charge in [0.1, 0.15) is 0 Å². The first kappa shape index (κ1) is 17.9. The second kappa shape index (κ2) is 7.77. The van der Waals surface area contributed by atoms with E-state index < -0.39 is 0 Å². The second-order valence-corrected chi connectivity index (χ2v) is 7.73. The molecule has 1 N–H and O–H groups in total. The zero-order valence-corrected chi connectivity index (χ0v) is 14.6. The zero-order chi connectivity index (χ0) is 15.2. The maximum Gasteiger partial charge on any atom is 0.0702 e. The summed E-state index contributed by atoms with van der Waals surface area (Å²) >= 11 is 0. The lowest BCUT2D eigenvalue weighted by Crippen LogP contribution is -2.48. The van der Waals surface area contributed by atoms with Crippen LogP contribution < -0.4 is 5.32 Å². The van der Waals surface area contributed by atoms with Gasteiger partial charge in [-0.1, -0.05) is 20.8 Å². The minimum atomic E-state index is 0.196. The lowest BCUT2D eigenvalue weighted by Gasteiger charge is -2.37. The lowest BCUT2D eigenvalue weighted by molar-refractivity contribution is 0.0564. The van der Waals surface area contributed by atoms with Crippen molar-refractivity contribution in [3.8, 4) is 0 Å². The molecule has 0 saturated carbocycles. The van der Waals surface area contributed by atoms with Gasteiger partial charge in [0.15, 0.2) is 0 Å². The van der Waals surface area contributed by atoms with Crippen LogP contribution in [0.3, 0.4) is 0 Å². The van der Waals surface area contributed by atoms with Gasteiger partial charge in [0.05, 0.1) is 6.10 Å². The third-order valence-corrected chi connectivity index (χ3v) is 4.44. The summed E-state index contributed by atoms with van der Waals surface area (Å²) in [6.07, 6.45) is 4.14. The van der Waals surface area contributed by atoms with Gasteiger partial charge in [0, 0.05) is 31.8 Å². The van der Waals surface area contributed by atoms with E-state index in [-0.39, 0.29) is 5.54 Å². The average Bonchev–Trinajstić information content (AvgIpc) is 2.88. The normalized spacial score (nSPS) is 23.2. The quantitative estimate of drug-likeness (QED) is 0.740. The number of likely N-dealkylation sites (N-methyl/N-ethyl adjacent to an activating group) is 1. The Kier molecular flexibility index (Phi) is 6.96. The molecule has 1 heterocycles. The molecule has 0 aromatic carbocycles. The van der Waals surface area contributed by atoms with E-state index in [4.69, 9.17) is 4.74 Å². The van der Waals surface area contributed by atoms with E-state index in [9.17, 15) is 0 Å². The predicted molar refractivity (Wildman–Crippen MR) is 87.2 cm³/mol. The molecule has 1 rings (SSSR count). The van der Waals surface area contributed by atoms with Gasteiger partial charge in [-0.25, -0.2) is 0 Å². The number of rotatable bonds is 8. The van der Waals surface area contributed by atoms with Crippen LogP contribution in [-0.2, 0) is 4.74 Å². The van der Waals surface area contributed by atoms with Gasteiger partial charge in [-0.05, 0) is 52.0 Å². The summed E-state index contributed by atoms with van der Waals surface area (Å²) in [5.74, 6) is 0. The minimum absolute atomic E-state index is 0.196. The monoisotopic (exact) mass is 284 g/mol. The molecule has 0 aliphatic carbocycles. The fourth-order valence-corrected chi connectivity index (χ4v) is 2.69. The van der Waals surface area contributed by atoms with E-state index in [1.165, 1.54) is 19.3 Å². The van der Waals surface area contributed by atoms with Crippen molar-refractivity contribution in [3.05, 3.63) is 0 Å². The number of hydrogen-bond donors (Lipinski definition) is 1. The van der Waals surface area contributed by atoms with E-state index >= 15 is 0 Å². The van der Waals surface area contributed by atoms with Gasteiger partial charge in [-0.15, -0.1) is 0 Å². The largest absolute Gasteiger partial charge is 0.377 e. The highest BCUT2D eigenvalue weighted by Gasteiger charge is 2.28. The van der Waals surface area contributed by atoms with E-state index in [0.29, 0.717) is 11.5 Å². The molecule has 3 heteroatoms. The van der Waals surface area contributed by atoms with E-state index in [2.05, 4.69) is 51.8 Å². The lowest BCUT2D eigenvalue weighted by atomic mass is 9.85. The molecule has 0 amide bonds.